The van der Waals surface area contributed by atoms with Crippen molar-refractivity contribution in [2.45, 2.75) is 32.2 Å². The standard InChI is InChI=1S/C29H30N4O/c1-29(2,22-11-5-4-6-12-22)28(34)33(18-17-21-19-30-24-14-8-7-13-23(21)24)20-27-31-25-15-9-10-16-26(25)32(27)3/h4-16,19,30H,17-18,20H2,1-3H3. The maximum absolute atomic E-state index is 14.0. The predicted octanol–water partition coefficient (Wildman–Crippen LogP) is 5.60. The Morgan fingerprint density at radius 1 is 0.971 bits per heavy atom. The maximum atomic E-state index is 14.0. The van der Waals surface area contributed by atoms with Gasteiger partial charge in [-0.05, 0) is 49.6 Å². The Labute approximate surface area is 200 Å². The lowest BCUT2D eigenvalue weighted by Crippen LogP contribution is -2.44. The number of aromatic nitrogens is 3. The van der Waals surface area contributed by atoms with Crippen molar-refractivity contribution < 1.29 is 4.79 Å². The van der Waals surface area contributed by atoms with Crippen molar-refractivity contribution in [3.63, 3.8) is 0 Å². The summed E-state index contributed by atoms with van der Waals surface area (Å²) in [5.74, 6) is 0.989. The van der Waals surface area contributed by atoms with Crippen LogP contribution in [0.2, 0.25) is 0 Å². The number of hydrogen-bond donors (Lipinski definition) is 1. The number of benzene rings is 3. The highest BCUT2D eigenvalue weighted by atomic mass is 16.2. The van der Waals surface area contributed by atoms with Crippen molar-refractivity contribution in [3.8, 4) is 0 Å². The average molecular weight is 451 g/mol. The minimum atomic E-state index is -0.647. The molecule has 34 heavy (non-hydrogen) atoms. The molecule has 0 atom stereocenters. The van der Waals surface area contributed by atoms with Crippen LogP contribution in [0.25, 0.3) is 21.9 Å². The third-order valence-electron chi connectivity index (χ3n) is 6.86. The molecule has 5 nitrogen and oxygen atoms in total. The van der Waals surface area contributed by atoms with Gasteiger partial charge in [0.1, 0.15) is 5.82 Å². The van der Waals surface area contributed by atoms with E-state index in [2.05, 4.69) is 40.0 Å². The summed E-state index contributed by atoms with van der Waals surface area (Å²) in [6.07, 6.45) is 2.83. The van der Waals surface area contributed by atoms with Crippen molar-refractivity contribution in [1.29, 1.82) is 0 Å². The van der Waals surface area contributed by atoms with E-state index in [0.717, 1.165) is 34.4 Å². The second-order valence-electron chi connectivity index (χ2n) is 9.40. The zero-order valence-electron chi connectivity index (χ0n) is 20.0. The lowest BCUT2D eigenvalue weighted by molar-refractivity contribution is -0.137. The van der Waals surface area contributed by atoms with Gasteiger partial charge in [-0.25, -0.2) is 4.98 Å². The second kappa shape index (κ2) is 8.82. The highest BCUT2D eigenvalue weighted by molar-refractivity contribution is 5.88. The number of carbonyl (C=O) groups excluding carboxylic acids is 1. The molecule has 1 amide bonds. The molecule has 0 radical (unpaired) electrons. The first-order chi connectivity index (χ1) is 16.4. The number of carbonyl (C=O) groups is 1. The van der Waals surface area contributed by atoms with E-state index in [1.165, 1.54) is 10.9 Å². The molecule has 0 spiro atoms. The summed E-state index contributed by atoms with van der Waals surface area (Å²) in [6.45, 7) is 5.10. The molecule has 0 saturated carbocycles. The van der Waals surface area contributed by atoms with Crippen LogP contribution in [0.15, 0.2) is 85.1 Å². The third-order valence-corrected chi connectivity index (χ3v) is 6.86. The Bertz CT molecular complexity index is 1450. The van der Waals surface area contributed by atoms with E-state index >= 15 is 0 Å². The highest BCUT2D eigenvalue weighted by Gasteiger charge is 2.34. The summed E-state index contributed by atoms with van der Waals surface area (Å²) in [7, 11) is 2.02. The summed E-state index contributed by atoms with van der Waals surface area (Å²) in [4.78, 5) is 24.2. The zero-order valence-corrected chi connectivity index (χ0v) is 20.0. The SMILES string of the molecule is Cn1c(CN(CCc2c[nH]c3ccccc23)C(=O)C(C)(C)c2ccccc2)nc2ccccc21. The van der Waals surface area contributed by atoms with Gasteiger partial charge in [-0.2, -0.15) is 0 Å². The van der Waals surface area contributed by atoms with E-state index < -0.39 is 5.41 Å². The van der Waals surface area contributed by atoms with Gasteiger partial charge in [0.2, 0.25) is 5.91 Å². The van der Waals surface area contributed by atoms with Gasteiger partial charge in [-0.15, -0.1) is 0 Å². The largest absolute Gasteiger partial charge is 0.361 e. The summed E-state index contributed by atoms with van der Waals surface area (Å²) >= 11 is 0. The molecule has 5 aromatic rings. The molecule has 0 bridgehead atoms. The topological polar surface area (TPSA) is 53.9 Å². The lowest BCUT2D eigenvalue weighted by Gasteiger charge is -2.32. The fourth-order valence-corrected chi connectivity index (χ4v) is 4.73. The van der Waals surface area contributed by atoms with Gasteiger partial charge in [-0.1, -0.05) is 60.7 Å². The van der Waals surface area contributed by atoms with E-state index in [4.69, 9.17) is 4.98 Å². The first-order valence-electron chi connectivity index (χ1n) is 11.8. The Morgan fingerprint density at radius 3 is 2.47 bits per heavy atom. The van der Waals surface area contributed by atoms with E-state index in [0.29, 0.717) is 13.1 Å². The van der Waals surface area contributed by atoms with Gasteiger partial charge in [0.15, 0.2) is 0 Å². The lowest BCUT2D eigenvalue weighted by atomic mass is 9.83. The number of fused-ring (bicyclic) bond motifs is 2. The third kappa shape index (κ3) is 3.98. The molecule has 0 aliphatic rings. The molecule has 5 heteroatoms. The van der Waals surface area contributed by atoms with Gasteiger partial charge in [0.05, 0.1) is 23.0 Å². The quantitative estimate of drug-likeness (QED) is 0.351. The van der Waals surface area contributed by atoms with Crippen LogP contribution in [-0.2, 0) is 30.2 Å². The summed E-state index contributed by atoms with van der Waals surface area (Å²) in [5, 5.41) is 1.21. The minimum Gasteiger partial charge on any atom is -0.361 e. The van der Waals surface area contributed by atoms with Crippen molar-refractivity contribution >= 4 is 27.8 Å². The summed E-state index contributed by atoms with van der Waals surface area (Å²) < 4.78 is 2.09. The van der Waals surface area contributed by atoms with E-state index in [-0.39, 0.29) is 5.91 Å². The predicted molar refractivity (Wildman–Crippen MR) is 138 cm³/mol. The van der Waals surface area contributed by atoms with Gasteiger partial charge in [-0.3, -0.25) is 4.79 Å². The molecular formula is C29H30N4O. The first kappa shape index (κ1) is 22.0. The Kier molecular flexibility index (Phi) is 5.70. The van der Waals surface area contributed by atoms with Crippen molar-refractivity contribution in [2.75, 3.05) is 6.54 Å². The van der Waals surface area contributed by atoms with Gasteiger partial charge >= 0.3 is 0 Å². The van der Waals surface area contributed by atoms with Crippen molar-refractivity contribution in [2.24, 2.45) is 7.05 Å². The Hall–Kier alpha value is -3.86. The average Bonchev–Trinajstić information content (AvgIpc) is 3.42. The van der Waals surface area contributed by atoms with Crippen LogP contribution in [0, 0.1) is 0 Å². The number of rotatable bonds is 7. The molecule has 1 N–H and O–H groups in total. The number of nitrogens with zero attached hydrogens (tertiary/aromatic N) is 3. The molecular weight excluding hydrogens is 420 g/mol. The van der Waals surface area contributed by atoms with Crippen LogP contribution in [0.4, 0.5) is 0 Å². The van der Waals surface area contributed by atoms with Crippen molar-refractivity contribution in [1.82, 2.24) is 19.4 Å². The number of H-pyrrole nitrogens is 1. The Morgan fingerprint density at radius 2 is 1.68 bits per heavy atom. The van der Waals surface area contributed by atoms with Gasteiger partial charge in [0, 0.05) is 30.7 Å². The van der Waals surface area contributed by atoms with Crippen LogP contribution in [-0.4, -0.2) is 31.9 Å². The minimum absolute atomic E-state index is 0.102. The first-order valence-corrected chi connectivity index (χ1v) is 11.8. The fourth-order valence-electron chi connectivity index (χ4n) is 4.73. The normalized spacial score (nSPS) is 11.9. The zero-order chi connectivity index (χ0) is 23.7. The van der Waals surface area contributed by atoms with E-state index in [1.54, 1.807) is 0 Å². The van der Waals surface area contributed by atoms with Crippen LogP contribution in [0.5, 0.6) is 0 Å². The van der Waals surface area contributed by atoms with Crippen molar-refractivity contribution in [3.05, 3.63) is 102 Å². The molecule has 0 saturated heterocycles. The molecule has 0 unspecified atom stereocenters. The molecule has 172 valence electrons. The van der Waals surface area contributed by atoms with Crippen LogP contribution < -0.4 is 0 Å². The number of nitrogens with one attached hydrogen (secondary N) is 1. The number of amides is 1. The molecule has 5 rings (SSSR count). The number of aryl methyl sites for hydroxylation is 1. The molecule has 2 heterocycles. The number of para-hydroxylation sites is 3. The number of hydrogen-bond acceptors (Lipinski definition) is 2. The Balaban J connectivity index is 1.47. The molecule has 0 fully saturated rings. The monoisotopic (exact) mass is 450 g/mol. The molecule has 2 aromatic heterocycles. The molecule has 0 aliphatic carbocycles. The van der Waals surface area contributed by atoms with E-state index in [1.807, 2.05) is 80.4 Å². The maximum Gasteiger partial charge on any atom is 0.233 e. The number of aromatic amines is 1. The fraction of sp³-hybridized carbons (Fsp3) is 0.241. The second-order valence-corrected chi connectivity index (χ2v) is 9.40. The number of imidazole rings is 1. The van der Waals surface area contributed by atoms with Crippen LogP contribution >= 0.6 is 0 Å². The van der Waals surface area contributed by atoms with Crippen LogP contribution in [0.3, 0.4) is 0 Å². The van der Waals surface area contributed by atoms with Gasteiger partial charge in [0.25, 0.3) is 0 Å². The molecule has 3 aromatic carbocycles. The smallest absolute Gasteiger partial charge is 0.233 e. The highest BCUT2D eigenvalue weighted by Crippen LogP contribution is 2.28. The van der Waals surface area contributed by atoms with Gasteiger partial charge < -0.3 is 14.5 Å². The summed E-state index contributed by atoms with van der Waals surface area (Å²) in [6, 6.07) is 26.4. The molecule has 0 aliphatic heterocycles. The van der Waals surface area contributed by atoms with Crippen LogP contribution in [0.1, 0.15) is 30.8 Å². The van der Waals surface area contributed by atoms with E-state index in [9.17, 15) is 4.79 Å². The summed E-state index contributed by atoms with van der Waals surface area (Å²) in [5.41, 5.74) is 4.73.